The maximum absolute atomic E-state index is 12.8. The standard InChI is InChI=1S/C19H25NO3S/c1-16(2)14-20(12-6-7-13-23-15-17(3)4)24(21,22)19-10-8-18(5)9-11-19/h8-11H,1,3,12-15H2,2,4-5H3. The highest BCUT2D eigenvalue weighted by Gasteiger charge is 2.23. The number of sulfonamides is 1. The number of nitrogens with zero attached hydrogens (tertiary/aromatic N) is 1. The molecule has 1 aromatic rings. The van der Waals surface area contributed by atoms with Crippen LogP contribution in [0.15, 0.2) is 53.5 Å². The second kappa shape index (κ2) is 9.43. The second-order valence-corrected chi connectivity index (χ2v) is 7.78. The number of aryl methyl sites for hydroxylation is 1. The van der Waals surface area contributed by atoms with E-state index < -0.39 is 10.0 Å². The van der Waals surface area contributed by atoms with E-state index in [0.717, 1.165) is 16.7 Å². The van der Waals surface area contributed by atoms with Crippen LogP contribution in [0, 0.1) is 18.8 Å². The van der Waals surface area contributed by atoms with Gasteiger partial charge in [0, 0.05) is 6.54 Å². The van der Waals surface area contributed by atoms with Gasteiger partial charge in [0.15, 0.2) is 0 Å². The van der Waals surface area contributed by atoms with Crippen molar-refractivity contribution in [3.8, 4) is 11.8 Å². The van der Waals surface area contributed by atoms with Crippen molar-refractivity contribution in [3.05, 3.63) is 54.1 Å². The predicted molar refractivity (Wildman–Crippen MR) is 98.2 cm³/mol. The van der Waals surface area contributed by atoms with Crippen molar-refractivity contribution in [2.75, 3.05) is 26.3 Å². The molecule has 24 heavy (non-hydrogen) atoms. The van der Waals surface area contributed by atoms with Gasteiger partial charge in [0.2, 0.25) is 10.0 Å². The predicted octanol–water partition coefficient (Wildman–Crippen LogP) is 3.16. The Morgan fingerprint density at radius 2 is 1.75 bits per heavy atom. The summed E-state index contributed by atoms with van der Waals surface area (Å²) in [5.41, 5.74) is 2.68. The molecule has 4 nitrogen and oxygen atoms in total. The fraction of sp³-hybridized carbons (Fsp3) is 0.368. The van der Waals surface area contributed by atoms with Crippen LogP contribution in [0.3, 0.4) is 0 Å². The molecule has 0 aromatic heterocycles. The van der Waals surface area contributed by atoms with Gasteiger partial charge >= 0.3 is 0 Å². The molecule has 0 amide bonds. The van der Waals surface area contributed by atoms with Crippen molar-refractivity contribution in [1.29, 1.82) is 0 Å². The van der Waals surface area contributed by atoms with E-state index in [4.69, 9.17) is 4.74 Å². The molecule has 0 saturated carbocycles. The number of hydrogen-bond donors (Lipinski definition) is 0. The monoisotopic (exact) mass is 347 g/mol. The molecular formula is C19H25NO3S. The van der Waals surface area contributed by atoms with E-state index in [2.05, 4.69) is 25.0 Å². The van der Waals surface area contributed by atoms with Crippen LogP contribution in [0.5, 0.6) is 0 Å². The molecule has 1 aromatic carbocycles. The molecule has 130 valence electrons. The summed E-state index contributed by atoms with van der Waals surface area (Å²) in [5.74, 6) is 5.68. The average Bonchev–Trinajstić information content (AvgIpc) is 2.49. The summed E-state index contributed by atoms with van der Waals surface area (Å²) in [5, 5.41) is 0. The Kier molecular flexibility index (Phi) is 7.93. The van der Waals surface area contributed by atoms with Crippen molar-refractivity contribution in [3.63, 3.8) is 0 Å². The van der Waals surface area contributed by atoms with E-state index in [9.17, 15) is 8.42 Å². The van der Waals surface area contributed by atoms with E-state index in [1.807, 2.05) is 13.8 Å². The topological polar surface area (TPSA) is 46.6 Å². The highest BCUT2D eigenvalue weighted by molar-refractivity contribution is 7.89. The van der Waals surface area contributed by atoms with Crippen LogP contribution in [-0.4, -0.2) is 39.0 Å². The van der Waals surface area contributed by atoms with Crippen LogP contribution in [0.4, 0.5) is 0 Å². The number of benzene rings is 1. The van der Waals surface area contributed by atoms with Gasteiger partial charge in [-0.15, -0.1) is 0 Å². The molecule has 0 radical (unpaired) electrons. The highest BCUT2D eigenvalue weighted by Crippen LogP contribution is 2.17. The molecule has 0 aliphatic carbocycles. The summed E-state index contributed by atoms with van der Waals surface area (Å²) in [6.07, 6.45) is 0. The zero-order chi connectivity index (χ0) is 18.2. The lowest BCUT2D eigenvalue weighted by molar-refractivity contribution is 0.192. The number of hydrogen-bond acceptors (Lipinski definition) is 3. The van der Waals surface area contributed by atoms with Crippen LogP contribution >= 0.6 is 0 Å². The Balaban J connectivity index is 2.84. The highest BCUT2D eigenvalue weighted by atomic mass is 32.2. The Bertz CT molecular complexity index is 737. The molecule has 0 spiro atoms. The summed E-state index contributed by atoms with van der Waals surface area (Å²) in [6, 6.07) is 6.78. The van der Waals surface area contributed by atoms with Crippen LogP contribution < -0.4 is 0 Å². The second-order valence-electron chi connectivity index (χ2n) is 5.85. The van der Waals surface area contributed by atoms with Gasteiger partial charge in [0.25, 0.3) is 0 Å². The minimum atomic E-state index is -3.60. The molecule has 0 unspecified atom stereocenters. The maximum atomic E-state index is 12.8. The summed E-state index contributed by atoms with van der Waals surface area (Å²) in [4.78, 5) is 0.259. The van der Waals surface area contributed by atoms with Gasteiger partial charge in [-0.2, -0.15) is 4.31 Å². The zero-order valence-electron chi connectivity index (χ0n) is 14.6. The Hall–Kier alpha value is -1.87. The fourth-order valence-electron chi connectivity index (χ4n) is 1.86. The van der Waals surface area contributed by atoms with Gasteiger partial charge < -0.3 is 4.74 Å². The van der Waals surface area contributed by atoms with Gasteiger partial charge in [-0.05, 0) is 32.9 Å². The van der Waals surface area contributed by atoms with E-state index in [1.165, 1.54) is 4.31 Å². The minimum absolute atomic E-state index is 0.0967. The Morgan fingerprint density at radius 3 is 2.29 bits per heavy atom. The summed E-state index contributed by atoms with van der Waals surface area (Å²) >= 11 is 0. The van der Waals surface area contributed by atoms with E-state index in [-0.39, 0.29) is 24.6 Å². The normalized spacial score (nSPS) is 11.0. The lowest BCUT2D eigenvalue weighted by Gasteiger charge is -2.20. The molecule has 0 saturated heterocycles. The van der Waals surface area contributed by atoms with Crippen LogP contribution in [0.25, 0.3) is 0 Å². The van der Waals surface area contributed by atoms with Gasteiger partial charge in [0.05, 0.1) is 18.0 Å². The molecule has 0 N–H and O–H groups in total. The Labute approximate surface area is 145 Å². The zero-order valence-corrected chi connectivity index (χ0v) is 15.4. The maximum Gasteiger partial charge on any atom is 0.244 e. The van der Waals surface area contributed by atoms with Gasteiger partial charge in [-0.1, -0.05) is 53.8 Å². The first-order valence-corrected chi connectivity index (χ1v) is 9.06. The quantitative estimate of drug-likeness (QED) is 0.412. The van der Waals surface area contributed by atoms with Crippen molar-refractivity contribution in [2.24, 2.45) is 0 Å². The third kappa shape index (κ3) is 6.71. The lowest BCUT2D eigenvalue weighted by atomic mass is 10.2. The summed E-state index contributed by atoms with van der Waals surface area (Å²) in [6.45, 7) is 14.1. The van der Waals surface area contributed by atoms with Gasteiger partial charge in [-0.3, -0.25) is 0 Å². The first kappa shape index (κ1) is 20.2. The first-order chi connectivity index (χ1) is 11.2. The molecule has 0 heterocycles. The minimum Gasteiger partial charge on any atom is -0.364 e. The number of rotatable bonds is 8. The van der Waals surface area contributed by atoms with Crippen molar-refractivity contribution in [2.45, 2.75) is 25.7 Å². The number of ether oxygens (including phenoxy) is 1. The van der Waals surface area contributed by atoms with E-state index in [0.29, 0.717) is 6.61 Å². The molecule has 1 rings (SSSR count). The van der Waals surface area contributed by atoms with Crippen LogP contribution in [-0.2, 0) is 14.8 Å². The molecule has 0 aliphatic heterocycles. The van der Waals surface area contributed by atoms with Crippen molar-refractivity contribution in [1.82, 2.24) is 4.31 Å². The Morgan fingerprint density at radius 1 is 1.12 bits per heavy atom. The van der Waals surface area contributed by atoms with Gasteiger partial charge in [-0.25, -0.2) is 8.42 Å². The third-order valence-electron chi connectivity index (χ3n) is 3.01. The van der Waals surface area contributed by atoms with Crippen LogP contribution in [0.1, 0.15) is 19.4 Å². The van der Waals surface area contributed by atoms with E-state index >= 15 is 0 Å². The molecule has 0 bridgehead atoms. The molecule has 0 fully saturated rings. The molecule has 5 heteroatoms. The van der Waals surface area contributed by atoms with E-state index in [1.54, 1.807) is 31.2 Å². The summed E-state index contributed by atoms with van der Waals surface area (Å²) in [7, 11) is -3.60. The van der Waals surface area contributed by atoms with Crippen molar-refractivity contribution >= 4 is 10.0 Å². The fourth-order valence-corrected chi connectivity index (χ4v) is 3.26. The molecule has 0 aliphatic rings. The lowest BCUT2D eigenvalue weighted by Crippen LogP contribution is -2.33. The van der Waals surface area contributed by atoms with Crippen molar-refractivity contribution < 1.29 is 13.2 Å². The molecular weight excluding hydrogens is 322 g/mol. The third-order valence-corrected chi connectivity index (χ3v) is 4.81. The van der Waals surface area contributed by atoms with Crippen LogP contribution in [0.2, 0.25) is 0 Å². The summed E-state index contributed by atoms with van der Waals surface area (Å²) < 4.78 is 32.1. The largest absolute Gasteiger partial charge is 0.364 e. The average molecular weight is 347 g/mol. The first-order valence-electron chi connectivity index (χ1n) is 7.62. The smallest absolute Gasteiger partial charge is 0.244 e. The molecule has 0 atom stereocenters. The van der Waals surface area contributed by atoms with Gasteiger partial charge in [0.1, 0.15) is 6.61 Å². The SMILES string of the molecule is C=C(C)COCC#CCN(CC(=C)C)S(=O)(=O)c1ccc(C)cc1.